The summed E-state index contributed by atoms with van der Waals surface area (Å²) in [6.07, 6.45) is 4.92. The summed E-state index contributed by atoms with van der Waals surface area (Å²) in [6, 6.07) is 9.40. The van der Waals surface area contributed by atoms with Gasteiger partial charge in [-0.05, 0) is 24.5 Å². The average Bonchev–Trinajstić information content (AvgIpc) is 2.50. The van der Waals surface area contributed by atoms with Gasteiger partial charge in [-0.15, -0.1) is 0 Å². The molecular weight excluding hydrogens is 250 g/mol. The van der Waals surface area contributed by atoms with Gasteiger partial charge in [0.1, 0.15) is 18.4 Å². The Morgan fingerprint density at radius 1 is 1.20 bits per heavy atom. The van der Waals surface area contributed by atoms with Crippen molar-refractivity contribution in [3.8, 4) is 11.8 Å². The molecule has 1 unspecified atom stereocenters. The van der Waals surface area contributed by atoms with E-state index in [0.29, 0.717) is 30.4 Å². The van der Waals surface area contributed by atoms with Crippen LogP contribution in [0.1, 0.15) is 45.1 Å². The first-order chi connectivity index (χ1) is 9.81. The van der Waals surface area contributed by atoms with Crippen molar-refractivity contribution in [2.75, 3.05) is 19.8 Å². The summed E-state index contributed by atoms with van der Waals surface area (Å²) in [5.74, 6) is 1.29. The van der Waals surface area contributed by atoms with Gasteiger partial charge in [0.15, 0.2) is 0 Å². The first-order valence-electron chi connectivity index (χ1n) is 7.51. The molecule has 0 N–H and O–H groups in total. The molecule has 1 atom stereocenters. The summed E-state index contributed by atoms with van der Waals surface area (Å²) in [7, 11) is 0. The Balaban J connectivity index is 2.20. The van der Waals surface area contributed by atoms with Crippen LogP contribution in [-0.2, 0) is 4.74 Å². The van der Waals surface area contributed by atoms with E-state index in [1.54, 1.807) is 6.07 Å². The van der Waals surface area contributed by atoms with Gasteiger partial charge in [0.25, 0.3) is 0 Å². The molecule has 0 saturated carbocycles. The molecule has 0 fully saturated rings. The lowest BCUT2D eigenvalue weighted by Gasteiger charge is -2.15. The van der Waals surface area contributed by atoms with E-state index in [4.69, 9.17) is 14.7 Å². The monoisotopic (exact) mass is 275 g/mol. The number of rotatable bonds is 10. The maximum Gasteiger partial charge on any atom is 0.137 e. The van der Waals surface area contributed by atoms with Crippen LogP contribution in [0.3, 0.4) is 0 Å². The van der Waals surface area contributed by atoms with Crippen molar-refractivity contribution in [1.29, 1.82) is 5.26 Å². The van der Waals surface area contributed by atoms with E-state index < -0.39 is 0 Å². The van der Waals surface area contributed by atoms with Crippen molar-refractivity contribution < 1.29 is 9.47 Å². The van der Waals surface area contributed by atoms with Gasteiger partial charge in [-0.25, -0.2) is 0 Å². The van der Waals surface area contributed by atoms with E-state index in [1.807, 2.05) is 18.2 Å². The third-order valence-corrected chi connectivity index (χ3v) is 3.39. The van der Waals surface area contributed by atoms with E-state index in [-0.39, 0.29) is 0 Å². The van der Waals surface area contributed by atoms with Crippen LogP contribution in [0.25, 0.3) is 0 Å². The van der Waals surface area contributed by atoms with Crippen LogP contribution in [0.5, 0.6) is 5.75 Å². The molecule has 3 heteroatoms. The zero-order valence-electron chi connectivity index (χ0n) is 12.6. The Labute approximate surface area is 122 Å². The van der Waals surface area contributed by atoms with E-state index >= 15 is 0 Å². The molecule has 0 aliphatic carbocycles. The van der Waals surface area contributed by atoms with Gasteiger partial charge in [0.2, 0.25) is 0 Å². The fourth-order valence-electron chi connectivity index (χ4n) is 2.04. The van der Waals surface area contributed by atoms with Crippen molar-refractivity contribution in [2.24, 2.45) is 5.92 Å². The Hall–Kier alpha value is -1.53. The summed E-state index contributed by atoms with van der Waals surface area (Å²) in [6.45, 7) is 6.29. The fraction of sp³-hybridized carbons (Fsp3) is 0.588. The van der Waals surface area contributed by atoms with Gasteiger partial charge in [0.05, 0.1) is 12.2 Å². The molecule has 0 heterocycles. The van der Waals surface area contributed by atoms with Crippen molar-refractivity contribution >= 4 is 0 Å². The number of unbranched alkanes of at least 4 members (excludes halogenated alkanes) is 1. The molecule has 20 heavy (non-hydrogen) atoms. The Kier molecular flexibility index (Phi) is 8.49. The van der Waals surface area contributed by atoms with Crippen LogP contribution in [0.2, 0.25) is 0 Å². The standard InChI is InChI=1S/C17H25NO2/c1-3-5-8-15(4-2)14-19-11-12-20-17-10-7-6-9-16(17)13-18/h6-7,9-10,15H,3-5,8,11-12,14H2,1-2H3. The van der Waals surface area contributed by atoms with E-state index in [2.05, 4.69) is 19.9 Å². The lowest BCUT2D eigenvalue weighted by atomic mass is 10.0. The molecular formula is C17H25NO2. The Bertz CT molecular complexity index is 412. The van der Waals surface area contributed by atoms with Crippen LogP contribution in [0.15, 0.2) is 24.3 Å². The van der Waals surface area contributed by atoms with Gasteiger partial charge < -0.3 is 9.47 Å². The third kappa shape index (κ3) is 6.08. The van der Waals surface area contributed by atoms with Crippen LogP contribution in [-0.4, -0.2) is 19.8 Å². The summed E-state index contributed by atoms with van der Waals surface area (Å²) in [5.41, 5.74) is 0.571. The first kappa shape index (κ1) is 16.5. The SMILES string of the molecule is CCCCC(CC)COCCOc1ccccc1C#N. The molecule has 0 aliphatic rings. The molecule has 0 radical (unpaired) electrons. The maximum absolute atomic E-state index is 8.95. The second-order valence-corrected chi connectivity index (χ2v) is 4.95. The van der Waals surface area contributed by atoms with Gasteiger partial charge >= 0.3 is 0 Å². The van der Waals surface area contributed by atoms with Gasteiger partial charge in [-0.1, -0.05) is 45.2 Å². The molecule has 3 nitrogen and oxygen atoms in total. The minimum Gasteiger partial charge on any atom is -0.490 e. The van der Waals surface area contributed by atoms with Gasteiger partial charge in [-0.3, -0.25) is 0 Å². The molecule has 110 valence electrons. The number of hydrogen-bond acceptors (Lipinski definition) is 3. The van der Waals surface area contributed by atoms with Crippen molar-refractivity contribution in [1.82, 2.24) is 0 Å². The summed E-state index contributed by atoms with van der Waals surface area (Å²) in [4.78, 5) is 0. The molecule has 0 spiro atoms. The first-order valence-corrected chi connectivity index (χ1v) is 7.51. The predicted octanol–water partition coefficient (Wildman–Crippen LogP) is 4.17. The van der Waals surface area contributed by atoms with Crippen LogP contribution in [0, 0.1) is 17.2 Å². The Morgan fingerprint density at radius 3 is 2.70 bits per heavy atom. The van der Waals surface area contributed by atoms with E-state index in [9.17, 15) is 0 Å². The quantitative estimate of drug-likeness (QED) is 0.602. The molecule has 1 rings (SSSR count). The van der Waals surface area contributed by atoms with Gasteiger partial charge in [-0.2, -0.15) is 5.26 Å². The minimum atomic E-state index is 0.489. The predicted molar refractivity (Wildman–Crippen MR) is 80.8 cm³/mol. The van der Waals surface area contributed by atoms with E-state index in [1.165, 1.54) is 19.3 Å². The second kappa shape index (κ2) is 10.3. The number of nitrogens with zero attached hydrogens (tertiary/aromatic N) is 1. The lowest BCUT2D eigenvalue weighted by Crippen LogP contribution is -2.13. The zero-order valence-corrected chi connectivity index (χ0v) is 12.6. The van der Waals surface area contributed by atoms with Crippen molar-refractivity contribution in [3.05, 3.63) is 29.8 Å². The number of benzene rings is 1. The number of hydrogen-bond donors (Lipinski definition) is 0. The summed E-state index contributed by atoms with van der Waals surface area (Å²) >= 11 is 0. The highest BCUT2D eigenvalue weighted by Gasteiger charge is 2.06. The Morgan fingerprint density at radius 2 is 2.00 bits per heavy atom. The average molecular weight is 275 g/mol. The maximum atomic E-state index is 8.95. The van der Waals surface area contributed by atoms with Crippen LogP contribution >= 0.6 is 0 Å². The normalized spacial score (nSPS) is 11.8. The van der Waals surface area contributed by atoms with Crippen molar-refractivity contribution in [2.45, 2.75) is 39.5 Å². The molecule has 0 aromatic heterocycles. The second-order valence-electron chi connectivity index (χ2n) is 4.95. The third-order valence-electron chi connectivity index (χ3n) is 3.39. The summed E-state index contributed by atoms with van der Waals surface area (Å²) < 4.78 is 11.2. The molecule has 1 aromatic rings. The summed E-state index contributed by atoms with van der Waals surface area (Å²) in [5, 5.41) is 8.95. The van der Waals surface area contributed by atoms with Gasteiger partial charge in [0, 0.05) is 6.61 Å². The molecule has 0 saturated heterocycles. The molecule has 1 aromatic carbocycles. The van der Waals surface area contributed by atoms with Crippen molar-refractivity contribution in [3.63, 3.8) is 0 Å². The van der Waals surface area contributed by atoms with E-state index in [0.717, 1.165) is 13.0 Å². The van der Waals surface area contributed by atoms with Crippen LogP contribution in [0.4, 0.5) is 0 Å². The zero-order chi connectivity index (χ0) is 14.6. The smallest absolute Gasteiger partial charge is 0.137 e. The molecule has 0 amide bonds. The number of para-hydroxylation sites is 1. The highest BCUT2D eigenvalue weighted by atomic mass is 16.5. The highest BCUT2D eigenvalue weighted by Crippen LogP contribution is 2.16. The minimum absolute atomic E-state index is 0.489. The number of ether oxygens (including phenoxy) is 2. The fourth-order valence-corrected chi connectivity index (χ4v) is 2.04. The van der Waals surface area contributed by atoms with Crippen LogP contribution < -0.4 is 4.74 Å². The largest absolute Gasteiger partial charge is 0.490 e. The molecule has 0 bridgehead atoms. The number of nitriles is 1. The highest BCUT2D eigenvalue weighted by molar-refractivity contribution is 5.42. The topological polar surface area (TPSA) is 42.2 Å². The lowest BCUT2D eigenvalue weighted by molar-refractivity contribution is 0.0699. The molecule has 0 aliphatic heterocycles.